The van der Waals surface area contributed by atoms with Gasteiger partial charge < -0.3 is 14.6 Å². The number of anilines is 2. The summed E-state index contributed by atoms with van der Waals surface area (Å²) in [5.41, 5.74) is 3.27. The van der Waals surface area contributed by atoms with Crippen molar-refractivity contribution in [2.45, 2.75) is 6.04 Å². The van der Waals surface area contributed by atoms with Crippen LogP contribution in [-0.4, -0.2) is 20.0 Å². The summed E-state index contributed by atoms with van der Waals surface area (Å²) >= 11 is 0. The lowest BCUT2D eigenvalue weighted by Crippen LogP contribution is -2.44. The quantitative estimate of drug-likeness (QED) is 0.768. The van der Waals surface area contributed by atoms with Gasteiger partial charge >= 0.3 is 0 Å². The molecule has 0 N–H and O–H groups in total. The van der Waals surface area contributed by atoms with E-state index < -0.39 is 0 Å². The van der Waals surface area contributed by atoms with Crippen LogP contribution in [0.2, 0.25) is 0 Å². The maximum absolute atomic E-state index is 11.6. The molecule has 0 spiro atoms. The van der Waals surface area contributed by atoms with E-state index in [0.29, 0.717) is 6.67 Å². The van der Waals surface area contributed by atoms with Crippen molar-refractivity contribution in [3.05, 3.63) is 60.2 Å². The van der Waals surface area contributed by atoms with Crippen molar-refractivity contribution in [1.29, 1.82) is 0 Å². The topological polar surface area (TPSA) is 23.6 Å². The van der Waals surface area contributed by atoms with Gasteiger partial charge in [-0.3, -0.25) is 0 Å². The molecule has 1 aliphatic rings. The molecule has 1 unspecified atom stereocenters. The first-order valence-corrected chi connectivity index (χ1v) is 6.38. The molecule has 0 fully saturated rings. The van der Waals surface area contributed by atoms with Crippen LogP contribution < -0.4 is 9.80 Å². The number of rotatable bonds is 2. The number of hydrogen-bond donors (Lipinski definition) is 0. The second-order valence-electron chi connectivity index (χ2n) is 4.78. The summed E-state index contributed by atoms with van der Waals surface area (Å²) in [7, 11) is 2.05. The Morgan fingerprint density at radius 3 is 2.47 bits per heavy atom. The molecule has 96 valence electrons. The molecule has 3 heteroatoms. The predicted molar refractivity (Wildman–Crippen MR) is 77.4 cm³/mol. The van der Waals surface area contributed by atoms with E-state index >= 15 is 0 Å². The Hall–Kier alpha value is -2.29. The number of para-hydroxylation sites is 2. The average molecular weight is 252 g/mol. The minimum atomic E-state index is -0.213. The maximum Gasteiger partial charge on any atom is 0.147 e. The van der Waals surface area contributed by atoms with Crippen molar-refractivity contribution in [3.63, 3.8) is 0 Å². The van der Waals surface area contributed by atoms with Gasteiger partial charge in [0.1, 0.15) is 12.3 Å². The molecule has 0 aliphatic carbocycles. The Morgan fingerprint density at radius 1 is 1.05 bits per heavy atom. The summed E-state index contributed by atoms with van der Waals surface area (Å²) in [5.74, 6) is 0. The van der Waals surface area contributed by atoms with Crippen molar-refractivity contribution < 1.29 is 4.79 Å². The largest absolute Gasteiger partial charge is 0.357 e. The minimum absolute atomic E-state index is 0.213. The van der Waals surface area contributed by atoms with Crippen LogP contribution in [-0.2, 0) is 4.79 Å². The Labute approximate surface area is 113 Å². The van der Waals surface area contributed by atoms with Gasteiger partial charge in [0.25, 0.3) is 0 Å². The second kappa shape index (κ2) is 4.76. The third-order valence-corrected chi connectivity index (χ3v) is 3.58. The molecule has 2 aromatic rings. The third-order valence-electron chi connectivity index (χ3n) is 3.58. The molecule has 0 aromatic heterocycles. The molecule has 2 aromatic carbocycles. The zero-order valence-corrected chi connectivity index (χ0v) is 10.9. The summed E-state index contributed by atoms with van der Waals surface area (Å²) < 4.78 is 0. The van der Waals surface area contributed by atoms with E-state index in [2.05, 4.69) is 22.9 Å². The van der Waals surface area contributed by atoms with Crippen LogP contribution in [0.25, 0.3) is 0 Å². The van der Waals surface area contributed by atoms with Crippen LogP contribution >= 0.6 is 0 Å². The molecule has 0 saturated heterocycles. The number of carbonyl (C=O) groups excluding carboxylic acids is 1. The molecule has 1 aliphatic heterocycles. The molecule has 0 amide bonds. The van der Waals surface area contributed by atoms with Crippen molar-refractivity contribution in [1.82, 2.24) is 0 Å². The van der Waals surface area contributed by atoms with E-state index in [-0.39, 0.29) is 6.04 Å². The first kappa shape index (κ1) is 11.8. The fourth-order valence-electron chi connectivity index (χ4n) is 2.65. The minimum Gasteiger partial charge on any atom is -0.357 e. The lowest BCUT2D eigenvalue weighted by molar-refractivity contribution is -0.109. The summed E-state index contributed by atoms with van der Waals surface area (Å²) in [5, 5.41) is 0. The molecule has 1 atom stereocenters. The molecule has 3 rings (SSSR count). The van der Waals surface area contributed by atoms with E-state index in [1.54, 1.807) is 0 Å². The molecule has 1 heterocycles. The highest BCUT2D eigenvalue weighted by molar-refractivity contribution is 5.76. The number of benzene rings is 2. The smallest absolute Gasteiger partial charge is 0.147 e. The van der Waals surface area contributed by atoms with Gasteiger partial charge in [-0.2, -0.15) is 0 Å². The number of nitrogens with zero attached hydrogens (tertiary/aromatic N) is 2. The van der Waals surface area contributed by atoms with Gasteiger partial charge in [-0.05, 0) is 18.2 Å². The number of aldehydes is 1. The van der Waals surface area contributed by atoms with Crippen molar-refractivity contribution in [2.24, 2.45) is 0 Å². The maximum atomic E-state index is 11.6. The van der Waals surface area contributed by atoms with Crippen LogP contribution in [0, 0.1) is 0 Å². The Bertz CT molecular complexity index is 582. The lowest BCUT2D eigenvalue weighted by Gasteiger charge is -2.41. The van der Waals surface area contributed by atoms with Gasteiger partial charge in [-0.1, -0.05) is 36.4 Å². The molecule has 0 radical (unpaired) electrons. The summed E-state index contributed by atoms with van der Waals surface area (Å²) in [6, 6.07) is 17.9. The highest BCUT2D eigenvalue weighted by Gasteiger charge is 2.29. The summed E-state index contributed by atoms with van der Waals surface area (Å²) in [6.07, 6.45) is 1.03. The van der Waals surface area contributed by atoms with Crippen LogP contribution in [0.1, 0.15) is 11.6 Å². The number of fused-ring (bicyclic) bond motifs is 1. The van der Waals surface area contributed by atoms with Crippen molar-refractivity contribution in [3.8, 4) is 0 Å². The van der Waals surface area contributed by atoms with E-state index in [1.165, 1.54) is 0 Å². The molecule has 3 nitrogen and oxygen atoms in total. The first-order chi connectivity index (χ1) is 9.31. The summed E-state index contributed by atoms with van der Waals surface area (Å²) in [6.45, 7) is 0.713. The number of hydrogen-bond acceptors (Lipinski definition) is 3. The molecule has 19 heavy (non-hydrogen) atoms. The lowest BCUT2D eigenvalue weighted by atomic mass is 10.0. The molecular weight excluding hydrogens is 236 g/mol. The van der Waals surface area contributed by atoms with Crippen LogP contribution in [0.3, 0.4) is 0 Å². The van der Waals surface area contributed by atoms with Crippen molar-refractivity contribution in [2.75, 3.05) is 23.5 Å². The van der Waals surface area contributed by atoms with Crippen LogP contribution in [0.15, 0.2) is 54.6 Å². The predicted octanol–water partition coefficient (Wildman–Crippen LogP) is 2.84. The van der Waals surface area contributed by atoms with E-state index in [9.17, 15) is 4.79 Å². The number of carbonyl (C=O) groups is 1. The highest BCUT2D eigenvalue weighted by Crippen LogP contribution is 2.36. The molecule has 0 bridgehead atoms. The van der Waals surface area contributed by atoms with Gasteiger partial charge in [0.2, 0.25) is 0 Å². The Balaban J connectivity index is 2.07. The van der Waals surface area contributed by atoms with Gasteiger partial charge in [0.05, 0.1) is 6.67 Å². The standard InChI is InChI=1S/C16H16N2O/c1-17-12-18(13-7-3-2-4-8-13)16(11-19)14-9-5-6-10-15(14)17/h2-11,16H,12H2,1H3. The molecule has 0 saturated carbocycles. The zero-order chi connectivity index (χ0) is 13.2. The monoisotopic (exact) mass is 252 g/mol. The second-order valence-corrected chi connectivity index (χ2v) is 4.78. The van der Waals surface area contributed by atoms with Crippen LogP contribution in [0.4, 0.5) is 11.4 Å². The highest BCUT2D eigenvalue weighted by atomic mass is 16.1. The SMILES string of the molecule is CN1CN(c2ccccc2)C(C=O)c2ccccc21. The van der Waals surface area contributed by atoms with Gasteiger partial charge in [-0.15, -0.1) is 0 Å². The average Bonchev–Trinajstić information content (AvgIpc) is 2.48. The van der Waals surface area contributed by atoms with E-state index in [0.717, 1.165) is 23.2 Å². The third kappa shape index (κ3) is 1.97. The molecular formula is C16H16N2O. The normalized spacial score (nSPS) is 18.1. The Morgan fingerprint density at radius 2 is 1.74 bits per heavy atom. The van der Waals surface area contributed by atoms with Crippen LogP contribution in [0.5, 0.6) is 0 Å². The Kier molecular flexibility index (Phi) is 2.95. The van der Waals surface area contributed by atoms with Gasteiger partial charge in [0.15, 0.2) is 0 Å². The first-order valence-electron chi connectivity index (χ1n) is 6.38. The van der Waals surface area contributed by atoms with Gasteiger partial charge in [-0.25, -0.2) is 0 Å². The van der Waals surface area contributed by atoms with E-state index in [4.69, 9.17) is 0 Å². The fraction of sp³-hybridized carbons (Fsp3) is 0.188. The zero-order valence-electron chi connectivity index (χ0n) is 10.9. The van der Waals surface area contributed by atoms with E-state index in [1.807, 2.05) is 48.5 Å². The fourth-order valence-corrected chi connectivity index (χ4v) is 2.65. The summed E-state index contributed by atoms with van der Waals surface area (Å²) in [4.78, 5) is 15.8. The van der Waals surface area contributed by atoms with Crippen molar-refractivity contribution >= 4 is 17.7 Å². The van der Waals surface area contributed by atoms with Gasteiger partial charge in [0, 0.05) is 24.0 Å².